The Morgan fingerprint density at radius 1 is 1.90 bits per heavy atom. The van der Waals surface area contributed by atoms with Gasteiger partial charge in [0, 0.05) is 14.0 Å². The molecule has 0 aliphatic heterocycles. The van der Waals surface area contributed by atoms with Gasteiger partial charge < -0.3 is 9.73 Å². The number of oxazole rings is 1. The summed E-state index contributed by atoms with van der Waals surface area (Å²) in [7, 11) is 1.53. The van der Waals surface area contributed by atoms with Crippen molar-refractivity contribution < 1.29 is 9.21 Å². The minimum atomic E-state index is -0.265. The van der Waals surface area contributed by atoms with Crippen LogP contribution in [0.3, 0.4) is 0 Å². The first-order chi connectivity index (χ1) is 4.74. The van der Waals surface area contributed by atoms with Crippen LogP contribution in [0.5, 0.6) is 0 Å². The maximum absolute atomic E-state index is 10.8. The molecule has 1 aromatic heterocycles. The second kappa shape index (κ2) is 2.51. The number of hydrogen-bond donors (Lipinski definition) is 1. The molecule has 0 unspecified atom stereocenters. The predicted octanol–water partition coefficient (Wildman–Crippen LogP) is 0.216. The third-order valence-electron chi connectivity index (χ3n) is 1.01. The molecule has 1 radical (unpaired) electrons. The van der Waals surface area contributed by atoms with Crippen LogP contribution in [0.4, 0.5) is 0 Å². The largest absolute Gasteiger partial charge is 0.448 e. The molecule has 1 rings (SSSR count). The molecular weight excluding hydrogens is 132 g/mol. The van der Waals surface area contributed by atoms with Crippen LogP contribution in [0, 0.1) is 6.92 Å². The van der Waals surface area contributed by atoms with E-state index >= 15 is 0 Å². The summed E-state index contributed by atoms with van der Waals surface area (Å²) in [6, 6.07) is 0. The van der Waals surface area contributed by atoms with Gasteiger partial charge in [-0.3, -0.25) is 4.79 Å². The average Bonchev–Trinajstić information content (AvgIpc) is 2.34. The molecule has 0 atom stereocenters. The first-order valence-electron chi connectivity index (χ1n) is 2.73. The van der Waals surface area contributed by atoms with Gasteiger partial charge in [0.05, 0.1) is 0 Å². The number of hydrogen-bond acceptors (Lipinski definition) is 3. The fourth-order valence-corrected chi connectivity index (χ4v) is 0.543. The Morgan fingerprint density at radius 3 is 3.00 bits per heavy atom. The van der Waals surface area contributed by atoms with Gasteiger partial charge in [0.15, 0.2) is 11.6 Å². The Bertz CT molecular complexity index is 242. The number of amides is 1. The van der Waals surface area contributed by atoms with Gasteiger partial charge in [-0.25, -0.2) is 4.98 Å². The molecule has 0 aromatic carbocycles. The Hall–Kier alpha value is -1.32. The van der Waals surface area contributed by atoms with Gasteiger partial charge in [-0.2, -0.15) is 0 Å². The van der Waals surface area contributed by atoms with Crippen molar-refractivity contribution in [2.24, 2.45) is 0 Å². The summed E-state index contributed by atoms with van der Waals surface area (Å²) in [5, 5.41) is 2.41. The molecule has 0 aliphatic rings. The van der Waals surface area contributed by atoms with Gasteiger partial charge in [-0.05, 0) is 0 Å². The van der Waals surface area contributed by atoms with Crippen LogP contribution < -0.4 is 5.32 Å². The lowest BCUT2D eigenvalue weighted by Crippen LogP contribution is -2.17. The minimum absolute atomic E-state index is 0.249. The number of carbonyl (C=O) groups excluding carboxylic acids is 1. The first kappa shape index (κ1) is 6.80. The van der Waals surface area contributed by atoms with Crippen molar-refractivity contribution in [2.75, 3.05) is 7.05 Å². The molecule has 0 saturated heterocycles. The van der Waals surface area contributed by atoms with Gasteiger partial charge in [-0.1, -0.05) is 0 Å². The topological polar surface area (TPSA) is 55.1 Å². The third-order valence-corrected chi connectivity index (χ3v) is 1.01. The van der Waals surface area contributed by atoms with E-state index in [4.69, 9.17) is 4.42 Å². The number of aromatic nitrogens is 1. The van der Waals surface area contributed by atoms with E-state index < -0.39 is 0 Å². The lowest BCUT2D eigenvalue weighted by atomic mass is 10.5. The number of carbonyl (C=O) groups is 1. The van der Waals surface area contributed by atoms with Crippen LogP contribution in [0.15, 0.2) is 10.7 Å². The van der Waals surface area contributed by atoms with Crippen molar-refractivity contribution in [3.05, 3.63) is 24.8 Å². The summed E-state index contributed by atoms with van der Waals surface area (Å²) in [6.07, 6.45) is 1.27. The zero-order valence-corrected chi connectivity index (χ0v) is 5.55. The summed E-state index contributed by atoms with van der Waals surface area (Å²) in [5.74, 6) is -0.0164. The van der Waals surface area contributed by atoms with Gasteiger partial charge in [0.2, 0.25) is 0 Å². The van der Waals surface area contributed by atoms with Gasteiger partial charge in [0.25, 0.3) is 5.91 Å². The summed E-state index contributed by atoms with van der Waals surface area (Å²) in [6.45, 7) is 3.40. The average molecular weight is 139 g/mol. The van der Waals surface area contributed by atoms with Crippen molar-refractivity contribution >= 4 is 5.91 Å². The van der Waals surface area contributed by atoms with E-state index in [0.29, 0.717) is 0 Å². The molecule has 1 aromatic rings. The van der Waals surface area contributed by atoms with E-state index in [0.717, 1.165) is 0 Å². The molecule has 0 fully saturated rings. The van der Waals surface area contributed by atoms with Gasteiger partial charge >= 0.3 is 0 Å². The molecule has 1 N–H and O–H groups in total. The molecular formula is C6H7N2O2. The monoisotopic (exact) mass is 139 g/mol. The maximum Gasteiger partial charge on any atom is 0.272 e. The fraction of sp³-hybridized carbons (Fsp3) is 0.167. The highest BCUT2D eigenvalue weighted by Gasteiger charge is 2.06. The molecule has 0 aliphatic carbocycles. The molecule has 1 amide bonds. The normalized spacial score (nSPS) is 9.40. The second-order valence-electron chi connectivity index (χ2n) is 1.71. The van der Waals surface area contributed by atoms with Crippen molar-refractivity contribution in [1.82, 2.24) is 10.3 Å². The predicted molar refractivity (Wildman–Crippen MR) is 34.4 cm³/mol. The van der Waals surface area contributed by atoms with Crippen LogP contribution in [0.1, 0.15) is 16.4 Å². The molecule has 53 valence electrons. The molecule has 4 nitrogen and oxygen atoms in total. The highest BCUT2D eigenvalue weighted by Crippen LogP contribution is 1.98. The number of nitrogens with zero attached hydrogens (tertiary/aromatic N) is 1. The van der Waals surface area contributed by atoms with Crippen molar-refractivity contribution in [1.29, 1.82) is 0 Å². The molecule has 0 bridgehead atoms. The zero-order chi connectivity index (χ0) is 7.56. The Labute approximate surface area is 58.3 Å². The van der Waals surface area contributed by atoms with Crippen molar-refractivity contribution in [2.45, 2.75) is 0 Å². The highest BCUT2D eigenvalue weighted by atomic mass is 16.3. The lowest BCUT2D eigenvalue weighted by Gasteiger charge is -1.88. The molecule has 0 spiro atoms. The summed E-state index contributed by atoms with van der Waals surface area (Å²) in [5.41, 5.74) is 0.257. The van der Waals surface area contributed by atoms with Crippen LogP contribution in [0.2, 0.25) is 0 Å². The Morgan fingerprint density at radius 2 is 2.60 bits per heavy atom. The summed E-state index contributed by atoms with van der Waals surface area (Å²) >= 11 is 0. The molecule has 1 heterocycles. The van der Waals surface area contributed by atoms with Crippen LogP contribution in [0.25, 0.3) is 0 Å². The lowest BCUT2D eigenvalue weighted by molar-refractivity contribution is 0.0958. The van der Waals surface area contributed by atoms with Crippen LogP contribution in [-0.2, 0) is 0 Å². The fourth-order valence-electron chi connectivity index (χ4n) is 0.543. The van der Waals surface area contributed by atoms with E-state index in [1.165, 1.54) is 13.3 Å². The van der Waals surface area contributed by atoms with Gasteiger partial charge in [0.1, 0.15) is 6.26 Å². The van der Waals surface area contributed by atoms with E-state index in [9.17, 15) is 4.79 Å². The Kier molecular flexibility index (Phi) is 1.71. The van der Waals surface area contributed by atoms with E-state index in [1.54, 1.807) is 0 Å². The molecule has 0 saturated carbocycles. The quantitative estimate of drug-likeness (QED) is 0.605. The highest BCUT2D eigenvalue weighted by molar-refractivity contribution is 5.91. The Balaban J connectivity index is 2.85. The zero-order valence-electron chi connectivity index (χ0n) is 5.55. The molecule has 10 heavy (non-hydrogen) atoms. The number of nitrogens with one attached hydrogen (secondary N) is 1. The van der Waals surface area contributed by atoms with Gasteiger partial charge in [-0.15, -0.1) is 0 Å². The third kappa shape index (κ3) is 1.15. The smallest absolute Gasteiger partial charge is 0.272 e. The standard InChI is InChI=1S/C6H7N2O2/c1-4-8-5(3-10-4)6(9)7-2/h3H,1H2,2H3,(H,7,9). The SMILES string of the molecule is [CH2]c1nc(C(=O)NC)co1. The van der Waals surface area contributed by atoms with E-state index in [1.807, 2.05) is 0 Å². The molecule has 4 heteroatoms. The van der Waals surface area contributed by atoms with Crippen molar-refractivity contribution in [3.8, 4) is 0 Å². The number of rotatable bonds is 1. The second-order valence-corrected chi connectivity index (χ2v) is 1.71. The summed E-state index contributed by atoms with van der Waals surface area (Å²) < 4.78 is 4.70. The van der Waals surface area contributed by atoms with Crippen molar-refractivity contribution in [3.63, 3.8) is 0 Å². The van der Waals surface area contributed by atoms with E-state index in [-0.39, 0.29) is 17.5 Å². The van der Waals surface area contributed by atoms with E-state index in [2.05, 4.69) is 17.2 Å². The van der Waals surface area contributed by atoms with Crippen LogP contribution >= 0.6 is 0 Å². The first-order valence-corrected chi connectivity index (χ1v) is 2.73. The summed E-state index contributed by atoms with van der Waals surface area (Å²) in [4.78, 5) is 14.5. The van der Waals surface area contributed by atoms with Crippen LogP contribution in [-0.4, -0.2) is 17.9 Å². The minimum Gasteiger partial charge on any atom is -0.448 e. The maximum atomic E-state index is 10.8.